The number of aryl methyl sites for hydroxylation is 1. The van der Waals surface area contributed by atoms with Crippen LogP contribution in [0.25, 0.3) is 10.2 Å². The number of carbonyl (C=O) groups is 1. The van der Waals surface area contributed by atoms with Crippen molar-refractivity contribution in [2.45, 2.75) is 32.6 Å². The molecule has 2 aromatic heterocycles. The molecule has 0 amide bonds. The summed E-state index contributed by atoms with van der Waals surface area (Å²) in [5, 5.41) is 13.1. The molecule has 2 N–H and O–H groups in total. The molecule has 0 saturated carbocycles. The second kappa shape index (κ2) is 5.77. The van der Waals surface area contributed by atoms with Crippen LogP contribution in [0, 0.1) is 5.92 Å². The molecular weight excluding hydrogens is 310 g/mol. The van der Waals surface area contributed by atoms with E-state index in [2.05, 4.69) is 22.2 Å². The maximum Gasteiger partial charge on any atom is 0.305 e. The van der Waals surface area contributed by atoms with Crippen molar-refractivity contribution in [3.63, 3.8) is 0 Å². The van der Waals surface area contributed by atoms with Crippen molar-refractivity contribution in [3.05, 3.63) is 15.7 Å². The molecule has 1 aliphatic carbocycles. The number of anilines is 1. The number of nitrogens with zero attached hydrogens (tertiary/aromatic N) is 2. The number of thiophene rings is 1. The van der Waals surface area contributed by atoms with Gasteiger partial charge in [0.2, 0.25) is 5.28 Å². The molecule has 2 aromatic rings. The molecule has 1 aliphatic rings. The fourth-order valence-corrected chi connectivity index (χ4v) is 4.33. The van der Waals surface area contributed by atoms with Gasteiger partial charge in [-0.15, -0.1) is 11.3 Å². The molecule has 7 heteroatoms. The van der Waals surface area contributed by atoms with Gasteiger partial charge in [0, 0.05) is 11.4 Å². The van der Waals surface area contributed by atoms with Crippen molar-refractivity contribution >= 4 is 44.9 Å². The maximum absolute atomic E-state index is 10.6. The Morgan fingerprint density at radius 2 is 2.33 bits per heavy atom. The van der Waals surface area contributed by atoms with Gasteiger partial charge in [0.1, 0.15) is 10.6 Å². The first-order chi connectivity index (χ1) is 10.0. The third-order valence-electron chi connectivity index (χ3n) is 3.76. The lowest BCUT2D eigenvalue weighted by Gasteiger charge is -2.18. The molecule has 21 heavy (non-hydrogen) atoms. The van der Waals surface area contributed by atoms with Crippen LogP contribution in [0.2, 0.25) is 5.28 Å². The molecule has 0 aromatic carbocycles. The first-order valence-electron chi connectivity index (χ1n) is 6.98. The van der Waals surface area contributed by atoms with Crippen LogP contribution in [-0.4, -0.2) is 27.6 Å². The molecule has 2 heterocycles. The van der Waals surface area contributed by atoms with E-state index < -0.39 is 5.97 Å². The van der Waals surface area contributed by atoms with E-state index in [4.69, 9.17) is 16.7 Å². The van der Waals surface area contributed by atoms with Gasteiger partial charge in [0.15, 0.2) is 0 Å². The van der Waals surface area contributed by atoms with Gasteiger partial charge in [0.25, 0.3) is 0 Å². The van der Waals surface area contributed by atoms with Crippen molar-refractivity contribution in [2.24, 2.45) is 5.92 Å². The van der Waals surface area contributed by atoms with Gasteiger partial charge in [-0.2, -0.15) is 0 Å². The Balaban J connectivity index is 2.00. The second-order valence-corrected chi connectivity index (χ2v) is 6.87. The molecule has 112 valence electrons. The van der Waals surface area contributed by atoms with Crippen LogP contribution in [0.1, 0.15) is 30.2 Å². The smallest absolute Gasteiger partial charge is 0.305 e. The van der Waals surface area contributed by atoms with E-state index in [0.29, 0.717) is 18.3 Å². The Bertz CT molecular complexity index is 701. The van der Waals surface area contributed by atoms with E-state index in [0.717, 1.165) is 29.5 Å². The summed E-state index contributed by atoms with van der Waals surface area (Å²) in [6, 6.07) is 0. The standard InChI is InChI=1S/C14H16ClN3O2S/c1-7-2-3-8-9(6-7)21-13-11(8)12(17-14(15)18-13)16-5-4-10(19)20/h7H,2-6H2,1H3,(H,19,20)(H,16,17,18). The number of rotatable bonds is 4. The zero-order valence-electron chi connectivity index (χ0n) is 11.6. The fraction of sp³-hybridized carbons (Fsp3) is 0.500. The number of nitrogens with one attached hydrogen (secondary N) is 1. The number of aromatic nitrogens is 2. The largest absolute Gasteiger partial charge is 0.481 e. The summed E-state index contributed by atoms with van der Waals surface area (Å²) in [6.45, 7) is 2.59. The maximum atomic E-state index is 10.6. The fourth-order valence-electron chi connectivity index (χ4n) is 2.73. The lowest BCUT2D eigenvalue weighted by molar-refractivity contribution is -0.136. The molecule has 0 spiro atoms. The summed E-state index contributed by atoms with van der Waals surface area (Å²) >= 11 is 7.67. The Kier molecular flexibility index (Phi) is 3.99. The average molecular weight is 326 g/mol. The minimum atomic E-state index is -0.833. The first kappa shape index (κ1) is 14.5. The monoisotopic (exact) mass is 325 g/mol. The van der Waals surface area contributed by atoms with Crippen LogP contribution in [0.3, 0.4) is 0 Å². The van der Waals surface area contributed by atoms with E-state index in [1.165, 1.54) is 10.4 Å². The van der Waals surface area contributed by atoms with Crippen LogP contribution >= 0.6 is 22.9 Å². The molecule has 0 saturated heterocycles. The highest BCUT2D eigenvalue weighted by molar-refractivity contribution is 7.19. The van der Waals surface area contributed by atoms with Gasteiger partial charge in [-0.3, -0.25) is 4.79 Å². The lowest BCUT2D eigenvalue weighted by atomic mass is 9.89. The summed E-state index contributed by atoms with van der Waals surface area (Å²) in [7, 11) is 0. The highest BCUT2D eigenvalue weighted by Crippen LogP contribution is 2.40. The molecule has 0 bridgehead atoms. The Morgan fingerprint density at radius 3 is 3.10 bits per heavy atom. The Morgan fingerprint density at radius 1 is 1.52 bits per heavy atom. The average Bonchev–Trinajstić information content (AvgIpc) is 2.74. The van der Waals surface area contributed by atoms with E-state index in [-0.39, 0.29) is 11.7 Å². The quantitative estimate of drug-likeness (QED) is 0.843. The highest BCUT2D eigenvalue weighted by atomic mass is 35.5. The van der Waals surface area contributed by atoms with Crippen molar-refractivity contribution in [1.82, 2.24) is 9.97 Å². The number of carboxylic acid groups (broad SMARTS) is 1. The zero-order valence-corrected chi connectivity index (χ0v) is 13.2. The van der Waals surface area contributed by atoms with E-state index >= 15 is 0 Å². The normalized spacial score (nSPS) is 17.7. The van der Waals surface area contributed by atoms with E-state index in [9.17, 15) is 4.79 Å². The molecule has 1 atom stereocenters. The highest BCUT2D eigenvalue weighted by Gasteiger charge is 2.23. The molecule has 1 unspecified atom stereocenters. The van der Waals surface area contributed by atoms with Crippen LogP contribution < -0.4 is 5.32 Å². The van der Waals surface area contributed by atoms with Crippen molar-refractivity contribution in [1.29, 1.82) is 0 Å². The minimum Gasteiger partial charge on any atom is -0.481 e. The summed E-state index contributed by atoms with van der Waals surface area (Å²) in [5.74, 6) is 0.524. The SMILES string of the molecule is CC1CCc2c(sc3nc(Cl)nc(NCCC(=O)O)c23)C1. The van der Waals surface area contributed by atoms with Gasteiger partial charge in [0.05, 0.1) is 11.8 Å². The lowest BCUT2D eigenvalue weighted by Crippen LogP contribution is -2.11. The van der Waals surface area contributed by atoms with E-state index in [1.54, 1.807) is 11.3 Å². The Labute approximate surface area is 131 Å². The third-order valence-corrected chi connectivity index (χ3v) is 5.08. The number of aliphatic carboxylic acids is 1. The van der Waals surface area contributed by atoms with Gasteiger partial charge in [-0.1, -0.05) is 6.92 Å². The second-order valence-electron chi connectivity index (χ2n) is 5.44. The number of carboxylic acids is 1. The van der Waals surface area contributed by atoms with Crippen LogP contribution in [-0.2, 0) is 17.6 Å². The minimum absolute atomic E-state index is 0.0481. The van der Waals surface area contributed by atoms with Crippen LogP contribution in [0.5, 0.6) is 0 Å². The molecule has 0 aliphatic heterocycles. The van der Waals surface area contributed by atoms with Crippen molar-refractivity contribution < 1.29 is 9.90 Å². The predicted octanol–water partition coefficient (Wildman–Crippen LogP) is 3.36. The molecule has 5 nitrogen and oxygen atoms in total. The number of fused-ring (bicyclic) bond motifs is 3. The van der Waals surface area contributed by atoms with Gasteiger partial charge in [-0.05, 0) is 42.3 Å². The number of hydrogen-bond donors (Lipinski definition) is 2. The summed E-state index contributed by atoms with van der Waals surface area (Å²) in [4.78, 5) is 21.5. The molecular formula is C14H16ClN3O2S. The van der Waals surface area contributed by atoms with Crippen molar-refractivity contribution in [2.75, 3.05) is 11.9 Å². The van der Waals surface area contributed by atoms with Gasteiger partial charge in [-0.25, -0.2) is 9.97 Å². The topological polar surface area (TPSA) is 75.1 Å². The first-order valence-corrected chi connectivity index (χ1v) is 8.17. The van der Waals surface area contributed by atoms with E-state index in [1.807, 2.05) is 0 Å². The number of hydrogen-bond acceptors (Lipinski definition) is 5. The Hall–Kier alpha value is -1.40. The molecule has 3 rings (SSSR count). The zero-order chi connectivity index (χ0) is 15.0. The summed E-state index contributed by atoms with van der Waals surface area (Å²) in [6.07, 6.45) is 3.31. The number of halogens is 1. The van der Waals surface area contributed by atoms with Crippen molar-refractivity contribution in [3.8, 4) is 0 Å². The van der Waals surface area contributed by atoms with Crippen LogP contribution in [0.15, 0.2) is 0 Å². The summed E-state index contributed by atoms with van der Waals surface area (Å²) in [5.41, 5.74) is 1.31. The third kappa shape index (κ3) is 2.96. The molecule has 0 fully saturated rings. The van der Waals surface area contributed by atoms with Crippen LogP contribution in [0.4, 0.5) is 5.82 Å². The van der Waals surface area contributed by atoms with Gasteiger partial charge >= 0.3 is 5.97 Å². The predicted molar refractivity (Wildman–Crippen MR) is 84.4 cm³/mol. The molecule has 0 radical (unpaired) electrons. The van der Waals surface area contributed by atoms with Gasteiger partial charge < -0.3 is 10.4 Å². The summed E-state index contributed by atoms with van der Waals surface area (Å²) < 4.78 is 0.